The number of nitrogens with zero attached hydrogens (tertiary/aromatic N) is 5. The van der Waals surface area contributed by atoms with Crippen molar-refractivity contribution >= 4 is 33.5 Å². The molecule has 0 spiro atoms. The van der Waals surface area contributed by atoms with Crippen LogP contribution in [0.1, 0.15) is 0 Å². The van der Waals surface area contributed by atoms with Gasteiger partial charge in [-0.1, -0.05) is 6.07 Å². The summed E-state index contributed by atoms with van der Waals surface area (Å²) in [5.41, 5.74) is 5.88. The van der Waals surface area contributed by atoms with Crippen LogP contribution in [-0.2, 0) is 0 Å². The molecule has 7 nitrogen and oxygen atoms in total. The number of aromatic nitrogens is 5. The van der Waals surface area contributed by atoms with Gasteiger partial charge in [0.05, 0.1) is 5.69 Å². The summed E-state index contributed by atoms with van der Waals surface area (Å²) in [6, 6.07) is 4.62. The molecule has 0 bridgehead atoms. The highest BCUT2D eigenvalue weighted by atomic mass is 79.9. The molecule has 3 N–H and O–H groups in total. The van der Waals surface area contributed by atoms with Crippen LogP contribution in [0.5, 0.6) is 0 Å². The van der Waals surface area contributed by atoms with Crippen molar-refractivity contribution in [1.82, 2.24) is 24.5 Å². The normalized spacial score (nSPS) is 10.6. The molecule has 3 aromatic rings. The SMILES string of the molecule is Nc1nc(Nc2c(F)cccc2Br)nc(-n2ccnc2)n1. The van der Waals surface area contributed by atoms with Crippen molar-refractivity contribution in [1.29, 1.82) is 0 Å². The van der Waals surface area contributed by atoms with Crippen LogP contribution >= 0.6 is 15.9 Å². The number of hydrogen-bond donors (Lipinski definition) is 2. The molecule has 0 radical (unpaired) electrons. The van der Waals surface area contributed by atoms with E-state index in [1.54, 1.807) is 29.1 Å². The predicted octanol–water partition coefficient (Wildman–Crippen LogP) is 2.28. The standard InChI is InChI=1S/C12H9BrFN7/c13-7-2-1-3-8(14)9(7)17-11-18-10(15)19-12(20-11)21-5-4-16-6-21/h1-6H,(H3,15,17,18,19,20). The summed E-state index contributed by atoms with van der Waals surface area (Å²) in [4.78, 5) is 16.0. The van der Waals surface area contributed by atoms with Crippen molar-refractivity contribution in [2.24, 2.45) is 0 Å². The first-order valence-corrected chi connectivity index (χ1v) is 6.64. The van der Waals surface area contributed by atoms with E-state index in [4.69, 9.17) is 5.73 Å². The Morgan fingerprint density at radius 2 is 2.10 bits per heavy atom. The van der Waals surface area contributed by atoms with Gasteiger partial charge in [0.25, 0.3) is 0 Å². The third-order valence-corrected chi connectivity index (χ3v) is 3.24. The first-order chi connectivity index (χ1) is 10.1. The second-order valence-corrected chi connectivity index (χ2v) is 4.86. The number of nitrogen functional groups attached to an aromatic ring is 1. The van der Waals surface area contributed by atoms with E-state index in [0.29, 0.717) is 4.47 Å². The van der Waals surface area contributed by atoms with E-state index >= 15 is 0 Å². The molecule has 0 atom stereocenters. The molecule has 2 aromatic heterocycles. The monoisotopic (exact) mass is 349 g/mol. The lowest BCUT2D eigenvalue weighted by Crippen LogP contribution is -2.09. The van der Waals surface area contributed by atoms with Crippen LogP contribution in [0.15, 0.2) is 41.4 Å². The van der Waals surface area contributed by atoms with Crippen LogP contribution < -0.4 is 11.1 Å². The van der Waals surface area contributed by atoms with Gasteiger partial charge in [-0.05, 0) is 28.1 Å². The number of nitrogens with one attached hydrogen (secondary N) is 1. The summed E-state index contributed by atoms with van der Waals surface area (Å²) >= 11 is 3.26. The van der Waals surface area contributed by atoms with Gasteiger partial charge in [0.1, 0.15) is 12.1 Å². The zero-order valence-corrected chi connectivity index (χ0v) is 12.1. The number of halogens is 2. The van der Waals surface area contributed by atoms with Crippen LogP contribution in [0.2, 0.25) is 0 Å². The Balaban J connectivity index is 2.00. The number of para-hydroxylation sites is 1. The molecule has 0 fully saturated rings. The van der Waals surface area contributed by atoms with E-state index in [0.717, 1.165) is 0 Å². The molecule has 106 valence electrons. The quantitative estimate of drug-likeness (QED) is 0.753. The first-order valence-electron chi connectivity index (χ1n) is 5.84. The Hall–Kier alpha value is -2.55. The van der Waals surface area contributed by atoms with Gasteiger partial charge in [0, 0.05) is 16.9 Å². The molecular weight excluding hydrogens is 341 g/mol. The molecule has 0 saturated heterocycles. The fourth-order valence-electron chi connectivity index (χ4n) is 1.66. The van der Waals surface area contributed by atoms with Gasteiger partial charge in [0.15, 0.2) is 0 Å². The van der Waals surface area contributed by atoms with Crippen LogP contribution in [0, 0.1) is 5.82 Å². The van der Waals surface area contributed by atoms with Crippen LogP contribution in [-0.4, -0.2) is 24.5 Å². The number of imidazole rings is 1. The van der Waals surface area contributed by atoms with Crippen molar-refractivity contribution in [3.63, 3.8) is 0 Å². The maximum absolute atomic E-state index is 13.8. The number of benzene rings is 1. The van der Waals surface area contributed by atoms with Crippen molar-refractivity contribution in [2.45, 2.75) is 0 Å². The van der Waals surface area contributed by atoms with Crippen LogP contribution in [0.4, 0.5) is 22.0 Å². The summed E-state index contributed by atoms with van der Waals surface area (Å²) in [6.45, 7) is 0. The number of hydrogen-bond acceptors (Lipinski definition) is 6. The number of anilines is 3. The Bertz CT molecular complexity index is 755. The van der Waals surface area contributed by atoms with Crippen LogP contribution in [0.25, 0.3) is 5.95 Å². The van der Waals surface area contributed by atoms with Crippen molar-refractivity contribution in [2.75, 3.05) is 11.1 Å². The zero-order chi connectivity index (χ0) is 14.8. The van der Waals surface area contributed by atoms with E-state index in [2.05, 4.69) is 41.2 Å². The van der Waals surface area contributed by atoms with Gasteiger partial charge in [-0.2, -0.15) is 15.0 Å². The average molecular weight is 350 g/mol. The summed E-state index contributed by atoms with van der Waals surface area (Å²) in [7, 11) is 0. The molecule has 1 aromatic carbocycles. The van der Waals surface area contributed by atoms with E-state index in [1.165, 1.54) is 12.4 Å². The Kier molecular flexibility index (Phi) is 3.48. The maximum Gasteiger partial charge on any atom is 0.241 e. The molecule has 0 aliphatic carbocycles. The predicted molar refractivity (Wildman–Crippen MR) is 78.7 cm³/mol. The van der Waals surface area contributed by atoms with Gasteiger partial charge >= 0.3 is 0 Å². The lowest BCUT2D eigenvalue weighted by Gasteiger charge is -2.09. The Morgan fingerprint density at radius 1 is 1.24 bits per heavy atom. The molecule has 9 heteroatoms. The van der Waals surface area contributed by atoms with E-state index in [-0.39, 0.29) is 23.5 Å². The second-order valence-electron chi connectivity index (χ2n) is 4.01. The molecule has 0 unspecified atom stereocenters. The minimum atomic E-state index is -0.437. The van der Waals surface area contributed by atoms with E-state index in [9.17, 15) is 4.39 Å². The molecule has 0 aliphatic heterocycles. The van der Waals surface area contributed by atoms with Gasteiger partial charge in [0.2, 0.25) is 17.8 Å². The number of rotatable bonds is 3. The number of nitrogens with two attached hydrogens (primary N) is 1. The van der Waals surface area contributed by atoms with Gasteiger partial charge in [-0.25, -0.2) is 9.37 Å². The summed E-state index contributed by atoms with van der Waals surface area (Å²) in [6.07, 6.45) is 4.77. The largest absolute Gasteiger partial charge is 0.368 e. The highest BCUT2D eigenvalue weighted by Crippen LogP contribution is 2.27. The molecule has 0 saturated carbocycles. The minimum Gasteiger partial charge on any atom is -0.368 e. The molecule has 3 rings (SSSR count). The molecule has 2 heterocycles. The average Bonchev–Trinajstić information content (AvgIpc) is 2.97. The topological polar surface area (TPSA) is 94.5 Å². The Morgan fingerprint density at radius 3 is 2.81 bits per heavy atom. The molecule has 0 amide bonds. The van der Waals surface area contributed by atoms with Gasteiger partial charge < -0.3 is 11.1 Å². The molecular formula is C12H9BrFN7. The van der Waals surface area contributed by atoms with Gasteiger partial charge in [-0.15, -0.1) is 0 Å². The van der Waals surface area contributed by atoms with Crippen molar-refractivity contribution in [3.05, 3.63) is 47.2 Å². The smallest absolute Gasteiger partial charge is 0.241 e. The maximum atomic E-state index is 13.8. The fraction of sp³-hybridized carbons (Fsp3) is 0. The molecule has 21 heavy (non-hydrogen) atoms. The van der Waals surface area contributed by atoms with E-state index in [1.807, 2.05) is 0 Å². The van der Waals surface area contributed by atoms with E-state index < -0.39 is 5.82 Å². The van der Waals surface area contributed by atoms with Crippen molar-refractivity contribution in [3.8, 4) is 5.95 Å². The third-order valence-electron chi connectivity index (χ3n) is 2.58. The minimum absolute atomic E-state index is 0.0173. The third kappa shape index (κ3) is 2.82. The second kappa shape index (κ2) is 5.44. The lowest BCUT2D eigenvalue weighted by atomic mass is 10.3. The Labute approximate surface area is 127 Å². The van der Waals surface area contributed by atoms with Gasteiger partial charge in [-0.3, -0.25) is 4.57 Å². The van der Waals surface area contributed by atoms with Crippen molar-refractivity contribution < 1.29 is 4.39 Å². The molecule has 0 aliphatic rings. The zero-order valence-electron chi connectivity index (χ0n) is 10.5. The summed E-state index contributed by atoms with van der Waals surface area (Å²) < 4.78 is 15.9. The highest BCUT2D eigenvalue weighted by molar-refractivity contribution is 9.10. The summed E-state index contributed by atoms with van der Waals surface area (Å²) in [5.74, 6) is 0.00293. The van der Waals surface area contributed by atoms with Crippen LogP contribution in [0.3, 0.4) is 0 Å². The summed E-state index contributed by atoms with van der Waals surface area (Å²) in [5, 5.41) is 2.79. The highest BCUT2D eigenvalue weighted by Gasteiger charge is 2.11. The lowest BCUT2D eigenvalue weighted by molar-refractivity contribution is 0.631. The first kappa shape index (κ1) is 13.4. The fourth-order valence-corrected chi connectivity index (χ4v) is 2.10.